The predicted octanol–water partition coefficient (Wildman–Crippen LogP) is 7.27. The summed E-state index contributed by atoms with van der Waals surface area (Å²) in [6, 6.07) is 0. The van der Waals surface area contributed by atoms with Gasteiger partial charge >= 0.3 is 0 Å². The number of carbonyl (C=O) groups excluding carboxylic acids is 1. The molecule has 0 aromatic carbocycles. The molecular formula is C29H50O4SSi. The fourth-order valence-corrected chi connectivity index (χ4v) is 9.76. The minimum Gasteiger partial charge on any atom is -0.414 e. The molecule has 2 saturated carbocycles. The Kier molecular flexibility index (Phi) is 8.71. The SMILES string of the molecule is CC1=C(CS(=O)(=O)C/C=C2\CCC[C@]3(C)[C@@H](C(C)C=O)CC[C@@H]23)CCC(O[Si](C)(C)C(C)(C)C)C1. The molecule has 3 aliphatic carbocycles. The lowest BCUT2D eigenvalue weighted by molar-refractivity contribution is -0.113. The van der Waals surface area contributed by atoms with Crippen LogP contribution in [0.4, 0.5) is 0 Å². The van der Waals surface area contributed by atoms with E-state index in [1.165, 1.54) is 11.1 Å². The standard InChI is InChI=1S/C29H50O4SSi/c1-21-18-25(33-35(7,8)28(3,4)5)12-11-24(21)20-34(31,32)17-15-23-10-9-16-29(6)26(22(2)19-30)13-14-27(23)29/h15,19,22,25-27H,9-14,16-18,20H2,1-8H3/b23-15+/t22?,25?,26-,27+,29-/m1/s1. The number of sulfone groups is 1. The molecule has 0 spiro atoms. The normalized spacial score (nSPS) is 32.6. The summed E-state index contributed by atoms with van der Waals surface area (Å²) in [5, 5.41) is 0.182. The Morgan fingerprint density at radius 3 is 2.46 bits per heavy atom. The van der Waals surface area contributed by atoms with Crippen molar-refractivity contribution in [2.24, 2.45) is 23.2 Å². The third-order valence-electron chi connectivity index (χ3n) is 10.1. The van der Waals surface area contributed by atoms with Crippen LogP contribution in [-0.2, 0) is 19.1 Å². The predicted molar refractivity (Wildman–Crippen MR) is 149 cm³/mol. The highest BCUT2D eigenvalue weighted by atomic mass is 32.2. The molecule has 5 atom stereocenters. The van der Waals surface area contributed by atoms with Crippen molar-refractivity contribution in [3.8, 4) is 0 Å². The van der Waals surface area contributed by atoms with Gasteiger partial charge in [-0.25, -0.2) is 8.42 Å². The second kappa shape index (κ2) is 10.6. The minimum absolute atomic E-state index is 0.0822. The average molecular weight is 523 g/mol. The molecule has 2 unspecified atom stereocenters. The first-order valence-electron chi connectivity index (χ1n) is 13.8. The molecule has 0 radical (unpaired) electrons. The Morgan fingerprint density at radius 2 is 1.86 bits per heavy atom. The van der Waals surface area contributed by atoms with Crippen molar-refractivity contribution in [3.63, 3.8) is 0 Å². The van der Waals surface area contributed by atoms with Crippen LogP contribution in [0, 0.1) is 23.2 Å². The second-order valence-corrected chi connectivity index (χ2v) is 20.4. The Balaban J connectivity index is 1.65. The van der Waals surface area contributed by atoms with Crippen molar-refractivity contribution in [1.82, 2.24) is 0 Å². The number of hydrogen-bond acceptors (Lipinski definition) is 4. The molecule has 0 N–H and O–H groups in total. The number of fused-ring (bicyclic) bond motifs is 1. The van der Waals surface area contributed by atoms with Gasteiger partial charge in [0.2, 0.25) is 0 Å². The zero-order chi connectivity index (χ0) is 26.2. The molecule has 0 aliphatic heterocycles. The first-order valence-corrected chi connectivity index (χ1v) is 18.5. The molecule has 0 bridgehead atoms. The molecule has 200 valence electrons. The first kappa shape index (κ1) is 28.8. The summed E-state index contributed by atoms with van der Waals surface area (Å²) in [6.45, 7) is 17.9. The molecule has 0 amide bonds. The van der Waals surface area contributed by atoms with Gasteiger partial charge in [-0.2, -0.15) is 0 Å². The van der Waals surface area contributed by atoms with E-state index < -0.39 is 18.2 Å². The van der Waals surface area contributed by atoms with Crippen LogP contribution in [0.1, 0.15) is 92.9 Å². The van der Waals surface area contributed by atoms with E-state index in [9.17, 15) is 13.2 Å². The van der Waals surface area contributed by atoms with Crippen molar-refractivity contribution in [3.05, 3.63) is 22.8 Å². The van der Waals surface area contributed by atoms with Crippen LogP contribution in [0.2, 0.25) is 18.1 Å². The van der Waals surface area contributed by atoms with Gasteiger partial charge in [0, 0.05) is 12.0 Å². The van der Waals surface area contributed by atoms with E-state index in [1.54, 1.807) is 0 Å². The van der Waals surface area contributed by atoms with Gasteiger partial charge in [0.15, 0.2) is 18.2 Å². The molecule has 3 aliphatic rings. The van der Waals surface area contributed by atoms with E-state index in [0.717, 1.165) is 63.2 Å². The van der Waals surface area contributed by atoms with E-state index in [-0.39, 0.29) is 34.0 Å². The number of hydrogen-bond donors (Lipinski definition) is 0. The molecule has 3 rings (SSSR count). The fraction of sp³-hybridized carbons (Fsp3) is 0.828. The Labute approximate surface area is 216 Å². The van der Waals surface area contributed by atoms with Crippen LogP contribution in [-0.4, -0.2) is 40.6 Å². The molecule has 0 saturated heterocycles. The molecule has 35 heavy (non-hydrogen) atoms. The Bertz CT molecular complexity index is 956. The topological polar surface area (TPSA) is 60.4 Å². The maximum atomic E-state index is 13.2. The lowest BCUT2D eigenvalue weighted by Crippen LogP contribution is -2.44. The Morgan fingerprint density at radius 1 is 1.17 bits per heavy atom. The van der Waals surface area contributed by atoms with E-state index >= 15 is 0 Å². The summed E-state index contributed by atoms with van der Waals surface area (Å²) < 4.78 is 33.0. The summed E-state index contributed by atoms with van der Waals surface area (Å²) in [5.41, 5.74) is 3.78. The lowest BCUT2D eigenvalue weighted by atomic mass is 9.61. The lowest BCUT2D eigenvalue weighted by Gasteiger charge is -2.43. The molecule has 0 heterocycles. The van der Waals surface area contributed by atoms with Gasteiger partial charge in [0.25, 0.3) is 0 Å². The van der Waals surface area contributed by atoms with Crippen LogP contribution in [0.25, 0.3) is 0 Å². The quantitative estimate of drug-likeness (QED) is 0.191. The van der Waals surface area contributed by atoms with Gasteiger partial charge in [0.1, 0.15) is 6.29 Å². The molecule has 0 aromatic heterocycles. The summed E-state index contributed by atoms with van der Waals surface area (Å²) >= 11 is 0. The van der Waals surface area contributed by atoms with Gasteiger partial charge in [-0.15, -0.1) is 0 Å². The fourth-order valence-electron chi connectivity index (χ4n) is 6.87. The first-order chi connectivity index (χ1) is 16.1. The number of allylic oxidation sites excluding steroid dienone is 1. The summed E-state index contributed by atoms with van der Waals surface area (Å²) in [4.78, 5) is 11.5. The van der Waals surface area contributed by atoms with Gasteiger partial charge in [-0.3, -0.25) is 0 Å². The van der Waals surface area contributed by atoms with Gasteiger partial charge in [-0.1, -0.05) is 57.4 Å². The van der Waals surface area contributed by atoms with Crippen molar-refractivity contribution >= 4 is 24.4 Å². The van der Waals surface area contributed by atoms with Crippen LogP contribution in [0.3, 0.4) is 0 Å². The average Bonchev–Trinajstić information content (AvgIpc) is 3.10. The monoisotopic (exact) mass is 522 g/mol. The van der Waals surface area contributed by atoms with Crippen molar-refractivity contribution in [2.75, 3.05) is 11.5 Å². The van der Waals surface area contributed by atoms with Gasteiger partial charge < -0.3 is 9.22 Å². The number of aldehydes is 1. The van der Waals surface area contributed by atoms with Gasteiger partial charge in [0.05, 0.1) is 11.5 Å². The van der Waals surface area contributed by atoms with E-state index in [1.807, 2.05) is 6.08 Å². The summed E-state index contributed by atoms with van der Waals surface area (Å²) in [6.07, 6.45) is 11.4. The highest BCUT2D eigenvalue weighted by Crippen LogP contribution is 2.59. The summed E-state index contributed by atoms with van der Waals surface area (Å²) in [5.74, 6) is 1.26. The van der Waals surface area contributed by atoms with Crippen LogP contribution < -0.4 is 0 Å². The van der Waals surface area contributed by atoms with Crippen molar-refractivity contribution < 1.29 is 17.6 Å². The third kappa shape index (κ3) is 6.41. The van der Waals surface area contributed by atoms with E-state index in [0.29, 0.717) is 11.8 Å². The van der Waals surface area contributed by atoms with Crippen molar-refractivity contribution in [1.29, 1.82) is 0 Å². The number of rotatable bonds is 8. The molecule has 4 nitrogen and oxygen atoms in total. The highest BCUT2D eigenvalue weighted by Gasteiger charge is 2.50. The van der Waals surface area contributed by atoms with E-state index in [2.05, 4.69) is 54.6 Å². The zero-order valence-electron chi connectivity index (χ0n) is 23.6. The second-order valence-electron chi connectivity index (χ2n) is 13.6. The Hall–Kier alpha value is -0.723. The number of carbonyl (C=O) groups is 1. The smallest absolute Gasteiger partial charge is 0.192 e. The minimum atomic E-state index is -3.19. The molecule has 6 heteroatoms. The zero-order valence-corrected chi connectivity index (χ0v) is 25.4. The highest BCUT2D eigenvalue weighted by molar-refractivity contribution is 7.91. The largest absolute Gasteiger partial charge is 0.414 e. The summed E-state index contributed by atoms with van der Waals surface area (Å²) in [7, 11) is -5.02. The van der Waals surface area contributed by atoms with Crippen LogP contribution >= 0.6 is 0 Å². The maximum Gasteiger partial charge on any atom is 0.192 e. The van der Waals surface area contributed by atoms with Crippen LogP contribution in [0.15, 0.2) is 22.8 Å². The van der Waals surface area contributed by atoms with E-state index in [4.69, 9.17) is 4.43 Å². The van der Waals surface area contributed by atoms with Crippen molar-refractivity contribution in [2.45, 2.75) is 117 Å². The molecular weight excluding hydrogens is 472 g/mol. The third-order valence-corrected chi connectivity index (χ3v) is 16.1. The molecule has 0 aromatic rings. The van der Waals surface area contributed by atoms with Gasteiger partial charge in [-0.05, 0) is 93.7 Å². The maximum absolute atomic E-state index is 13.2. The molecule has 2 fully saturated rings. The van der Waals surface area contributed by atoms with Crippen LogP contribution in [0.5, 0.6) is 0 Å².